The summed E-state index contributed by atoms with van der Waals surface area (Å²) < 4.78 is 13.1. The highest BCUT2D eigenvalue weighted by atomic mass is 19.1. The lowest BCUT2D eigenvalue weighted by atomic mass is 10.0. The van der Waals surface area contributed by atoms with Crippen LogP contribution in [0.5, 0.6) is 0 Å². The normalized spacial score (nSPS) is 19.8. The van der Waals surface area contributed by atoms with Gasteiger partial charge in [0.15, 0.2) is 0 Å². The second-order valence-electron chi connectivity index (χ2n) is 6.20. The van der Waals surface area contributed by atoms with Crippen LogP contribution in [0.4, 0.5) is 4.39 Å². The number of benzene rings is 2. The van der Waals surface area contributed by atoms with Crippen molar-refractivity contribution >= 4 is 11.8 Å². The average Bonchev–Trinajstić information content (AvgIpc) is 2.98. The largest absolute Gasteiger partial charge is 0.391 e. The average molecular weight is 342 g/mol. The Labute approximate surface area is 144 Å². The van der Waals surface area contributed by atoms with Gasteiger partial charge in [-0.3, -0.25) is 9.59 Å². The summed E-state index contributed by atoms with van der Waals surface area (Å²) >= 11 is 0. The Morgan fingerprint density at radius 2 is 1.84 bits per heavy atom. The minimum Gasteiger partial charge on any atom is -0.391 e. The highest BCUT2D eigenvalue weighted by molar-refractivity contribution is 5.95. The Bertz CT molecular complexity index is 792. The molecule has 0 radical (unpaired) electrons. The van der Waals surface area contributed by atoms with E-state index in [2.05, 4.69) is 0 Å². The smallest absolute Gasteiger partial charge is 0.248 e. The minimum absolute atomic E-state index is 0.0174. The molecule has 1 saturated heterocycles. The van der Waals surface area contributed by atoms with E-state index < -0.39 is 12.0 Å². The second kappa shape index (κ2) is 7.03. The van der Waals surface area contributed by atoms with Gasteiger partial charge in [-0.15, -0.1) is 0 Å². The van der Waals surface area contributed by atoms with Crippen molar-refractivity contribution < 1.29 is 19.1 Å². The van der Waals surface area contributed by atoms with Crippen LogP contribution in [0.25, 0.3) is 0 Å². The van der Waals surface area contributed by atoms with Gasteiger partial charge in [0.2, 0.25) is 11.8 Å². The number of carbonyl (C=O) groups excluding carboxylic acids is 2. The molecule has 3 N–H and O–H groups in total. The number of carbonyl (C=O) groups is 2. The summed E-state index contributed by atoms with van der Waals surface area (Å²) in [4.78, 5) is 25.9. The number of β-amino-alcohol motifs (C(OH)–C–C–N with tert-alkyl or cyclic N) is 1. The number of aliphatic hydroxyl groups is 1. The first-order valence-electron chi connectivity index (χ1n) is 8.06. The van der Waals surface area contributed by atoms with E-state index in [1.54, 1.807) is 41.3 Å². The maximum absolute atomic E-state index is 13.1. The SMILES string of the molecule is NC(=O)c1ccccc1CC(=O)N1CC(O)CC1c1ccc(F)cc1. The lowest BCUT2D eigenvalue weighted by molar-refractivity contribution is -0.131. The molecule has 2 aromatic carbocycles. The lowest BCUT2D eigenvalue weighted by Crippen LogP contribution is -2.33. The van der Waals surface area contributed by atoms with Crippen molar-refractivity contribution in [3.05, 3.63) is 71.0 Å². The van der Waals surface area contributed by atoms with Gasteiger partial charge in [-0.25, -0.2) is 4.39 Å². The van der Waals surface area contributed by atoms with Gasteiger partial charge in [0, 0.05) is 12.1 Å². The Morgan fingerprint density at radius 3 is 2.52 bits per heavy atom. The third-order valence-electron chi connectivity index (χ3n) is 4.48. The molecule has 0 aliphatic carbocycles. The molecular weight excluding hydrogens is 323 g/mol. The molecule has 25 heavy (non-hydrogen) atoms. The molecule has 1 fully saturated rings. The summed E-state index contributed by atoms with van der Waals surface area (Å²) in [6.45, 7) is 0.208. The van der Waals surface area contributed by atoms with Gasteiger partial charge in [0.05, 0.1) is 18.6 Å². The first-order chi connectivity index (χ1) is 12.0. The number of likely N-dealkylation sites (tertiary alicyclic amines) is 1. The summed E-state index contributed by atoms with van der Waals surface area (Å²) in [6.07, 6.45) is -0.219. The van der Waals surface area contributed by atoms with Crippen molar-refractivity contribution in [2.24, 2.45) is 5.73 Å². The number of primary amides is 1. The summed E-state index contributed by atoms with van der Waals surface area (Å²) in [7, 11) is 0. The van der Waals surface area contributed by atoms with Gasteiger partial charge < -0.3 is 15.7 Å². The maximum Gasteiger partial charge on any atom is 0.248 e. The first kappa shape index (κ1) is 17.1. The molecule has 0 bridgehead atoms. The number of hydrogen-bond donors (Lipinski definition) is 2. The Kier molecular flexibility index (Phi) is 4.81. The van der Waals surface area contributed by atoms with Gasteiger partial charge in [0.1, 0.15) is 5.82 Å². The van der Waals surface area contributed by atoms with Gasteiger partial charge >= 0.3 is 0 Å². The predicted molar refractivity (Wildman–Crippen MR) is 90.1 cm³/mol. The maximum atomic E-state index is 13.1. The van der Waals surface area contributed by atoms with Crippen molar-refractivity contribution in [2.45, 2.75) is 25.0 Å². The zero-order valence-corrected chi connectivity index (χ0v) is 13.6. The van der Waals surface area contributed by atoms with Crippen LogP contribution in [-0.2, 0) is 11.2 Å². The van der Waals surface area contributed by atoms with E-state index in [9.17, 15) is 19.1 Å². The Hall–Kier alpha value is -2.73. The number of nitrogens with zero attached hydrogens (tertiary/aromatic N) is 1. The lowest BCUT2D eigenvalue weighted by Gasteiger charge is -2.25. The highest BCUT2D eigenvalue weighted by Gasteiger charge is 2.35. The molecule has 1 aliphatic rings. The molecule has 0 saturated carbocycles. The molecule has 0 aromatic heterocycles. The standard InChI is InChI=1S/C19H19FN2O3/c20-14-7-5-12(6-8-14)17-10-15(23)11-22(17)18(24)9-13-3-1-2-4-16(13)19(21)25/h1-8,15,17,23H,9-11H2,(H2,21,25). The topological polar surface area (TPSA) is 83.6 Å². The second-order valence-corrected chi connectivity index (χ2v) is 6.20. The zero-order chi connectivity index (χ0) is 18.0. The van der Waals surface area contributed by atoms with Crippen molar-refractivity contribution in [1.82, 2.24) is 4.90 Å². The summed E-state index contributed by atoms with van der Waals surface area (Å²) in [5.41, 5.74) is 7.00. The molecule has 0 spiro atoms. The third kappa shape index (κ3) is 3.69. The molecule has 3 rings (SSSR count). The van der Waals surface area contributed by atoms with E-state index >= 15 is 0 Å². The number of amides is 2. The van der Waals surface area contributed by atoms with Crippen LogP contribution in [0, 0.1) is 5.82 Å². The van der Waals surface area contributed by atoms with E-state index in [0.29, 0.717) is 17.5 Å². The number of halogens is 1. The molecule has 1 heterocycles. The van der Waals surface area contributed by atoms with Crippen molar-refractivity contribution in [3.63, 3.8) is 0 Å². The van der Waals surface area contributed by atoms with Crippen molar-refractivity contribution in [1.29, 1.82) is 0 Å². The van der Waals surface area contributed by atoms with Crippen LogP contribution in [0.15, 0.2) is 48.5 Å². The summed E-state index contributed by atoms with van der Waals surface area (Å²) in [5.74, 6) is -1.14. The monoisotopic (exact) mass is 342 g/mol. The van der Waals surface area contributed by atoms with Crippen LogP contribution < -0.4 is 5.73 Å². The van der Waals surface area contributed by atoms with Crippen LogP contribution >= 0.6 is 0 Å². The quantitative estimate of drug-likeness (QED) is 0.889. The van der Waals surface area contributed by atoms with Crippen LogP contribution in [0.1, 0.15) is 33.9 Å². The number of rotatable bonds is 4. The van der Waals surface area contributed by atoms with E-state index in [-0.39, 0.29) is 30.7 Å². The predicted octanol–water partition coefficient (Wildman–Crippen LogP) is 1.80. The molecule has 2 atom stereocenters. The van der Waals surface area contributed by atoms with E-state index in [0.717, 1.165) is 5.56 Å². The fraction of sp³-hybridized carbons (Fsp3) is 0.263. The highest BCUT2D eigenvalue weighted by Crippen LogP contribution is 2.33. The molecule has 5 nitrogen and oxygen atoms in total. The molecule has 2 unspecified atom stereocenters. The van der Waals surface area contributed by atoms with Crippen molar-refractivity contribution in [3.8, 4) is 0 Å². The molecule has 130 valence electrons. The number of aliphatic hydroxyl groups excluding tert-OH is 1. The Balaban J connectivity index is 1.83. The van der Waals surface area contributed by atoms with Gasteiger partial charge in [-0.2, -0.15) is 0 Å². The van der Waals surface area contributed by atoms with Gasteiger partial charge in [-0.1, -0.05) is 30.3 Å². The van der Waals surface area contributed by atoms with E-state index in [1.165, 1.54) is 12.1 Å². The van der Waals surface area contributed by atoms with Crippen LogP contribution in [0.2, 0.25) is 0 Å². The summed E-state index contributed by atoms with van der Waals surface area (Å²) in [6, 6.07) is 12.3. The van der Waals surface area contributed by atoms with Crippen LogP contribution in [-0.4, -0.2) is 34.5 Å². The molecule has 2 aromatic rings. The van der Waals surface area contributed by atoms with E-state index in [4.69, 9.17) is 5.73 Å². The van der Waals surface area contributed by atoms with Crippen LogP contribution in [0.3, 0.4) is 0 Å². The van der Waals surface area contributed by atoms with Gasteiger partial charge in [0.25, 0.3) is 0 Å². The molecule has 1 aliphatic heterocycles. The molecule has 2 amide bonds. The fourth-order valence-corrected chi connectivity index (χ4v) is 3.27. The van der Waals surface area contributed by atoms with Gasteiger partial charge in [-0.05, 0) is 35.7 Å². The zero-order valence-electron chi connectivity index (χ0n) is 13.6. The minimum atomic E-state index is -0.634. The number of nitrogens with two attached hydrogens (primary N) is 1. The first-order valence-corrected chi connectivity index (χ1v) is 8.06. The molecular formula is C19H19FN2O3. The fourth-order valence-electron chi connectivity index (χ4n) is 3.27. The molecule has 6 heteroatoms. The third-order valence-corrected chi connectivity index (χ3v) is 4.48. The van der Waals surface area contributed by atoms with Crippen molar-refractivity contribution in [2.75, 3.05) is 6.54 Å². The Morgan fingerprint density at radius 1 is 1.16 bits per heavy atom. The number of hydrogen-bond acceptors (Lipinski definition) is 3. The van der Waals surface area contributed by atoms with E-state index in [1.807, 2.05) is 0 Å². The summed E-state index contributed by atoms with van der Waals surface area (Å²) in [5, 5.41) is 10.0.